The number of benzene rings is 1. The molecule has 0 saturated carbocycles. The van der Waals surface area contributed by atoms with E-state index in [1.807, 2.05) is 36.1 Å². The van der Waals surface area contributed by atoms with Crippen LogP contribution in [0, 0.1) is 5.92 Å². The highest BCUT2D eigenvalue weighted by molar-refractivity contribution is 6.01. The van der Waals surface area contributed by atoms with Crippen LogP contribution in [0.25, 0.3) is 0 Å². The molecule has 0 N–H and O–H groups in total. The summed E-state index contributed by atoms with van der Waals surface area (Å²) < 4.78 is 5.16. The van der Waals surface area contributed by atoms with Crippen molar-refractivity contribution >= 4 is 11.6 Å². The Morgan fingerprint density at radius 2 is 2.09 bits per heavy atom. The van der Waals surface area contributed by atoms with E-state index in [4.69, 9.17) is 9.57 Å². The maximum absolute atomic E-state index is 12.2. The van der Waals surface area contributed by atoms with Gasteiger partial charge in [-0.15, -0.1) is 0 Å². The molecule has 0 bridgehead atoms. The van der Waals surface area contributed by atoms with E-state index in [9.17, 15) is 4.79 Å². The summed E-state index contributed by atoms with van der Waals surface area (Å²) in [5.74, 6) is 1.37. The zero-order valence-electron chi connectivity index (χ0n) is 14.4. The molecule has 0 aliphatic carbocycles. The van der Waals surface area contributed by atoms with E-state index < -0.39 is 0 Å². The molecule has 1 aliphatic heterocycles. The third kappa shape index (κ3) is 4.71. The number of nitrogens with zero attached hydrogens (tertiary/aromatic N) is 2. The van der Waals surface area contributed by atoms with Crippen molar-refractivity contribution in [3.8, 4) is 5.75 Å². The number of oxime groups is 1. The third-order valence-electron chi connectivity index (χ3n) is 3.90. The van der Waals surface area contributed by atoms with Crippen LogP contribution in [0.3, 0.4) is 0 Å². The second-order valence-corrected chi connectivity index (χ2v) is 6.23. The smallest absolute Gasteiger partial charge is 0.222 e. The summed E-state index contributed by atoms with van der Waals surface area (Å²) >= 11 is 0. The number of amides is 1. The lowest BCUT2D eigenvalue weighted by molar-refractivity contribution is -0.133. The Morgan fingerprint density at radius 3 is 2.65 bits per heavy atom. The minimum absolute atomic E-state index is 0.0665. The molecule has 0 saturated heterocycles. The van der Waals surface area contributed by atoms with Gasteiger partial charge in [-0.25, -0.2) is 0 Å². The Labute approximate surface area is 138 Å². The van der Waals surface area contributed by atoms with E-state index in [2.05, 4.69) is 19.0 Å². The molecule has 23 heavy (non-hydrogen) atoms. The van der Waals surface area contributed by atoms with Crippen molar-refractivity contribution in [3.63, 3.8) is 0 Å². The number of likely N-dealkylation sites (N-methyl/N-ethyl adjacent to an activating group) is 1. The Kier molecular flexibility index (Phi) is 6.02. The number of rotatable bonds is 7. The fraction of sp³-hybridized carbons (Fsp3) is 0.556. The molecule has 5 nitrogen and oxygen atoms in total. The maximum Gasteiger partial charge on any atom is 0.222 e. The van der Waals surface area contributed by atoms with Gasteiger partial charge in [-0.2, -0.15) is 0 Å². The molecule has 126 valence electrons. The quantitative estimate of drug-likeness (QED) is 0.776. The van der Waals surface area contributed by atoms with Crippen LogP contribution in [0.5, 0.6) is 5.75 Å². The van der Waals surface area contributed by atoms with Gasteiger partial charge in [-0.05, 0) is 42.7 Å². The van der Waals surface area contributed by atoms with Crippen molar-refractivity contribution in [2.24, 2.45) is 11.1 Å². The van der Waals surface area contributed by atoms with Crippen LogP contribution in [-0.4, -0.2) is 42.8 Å². The highest BCUT2D eigenvalue weighted by atomic mass is 16.6. The predicted molar refractivity (Wildman–Crippen MR) is 90.7 cm³/mol. The molecular weight excluding hydrogens is 292 g/mol. The number of carbonyl (C=O) groups excluding carboxylic acids is 1. The van der Waals surface area contributed by atoms with Gasteiger partial charge in [0.15, 0.2) is 6.10 Å². The van der Waals surface area contributed by atoms with Gasteiger partial charge in [0.25, 0.3) is 0 Å². The van der Waals surface area contributed by atoms with Crippen LogP contribution in [0.1, 0.15) is 39.2 Å². The van der Waals surface area contributed by atoms with E-state index in [0.717, 1.165) is 23.4 Å². The number of hydrogen-bond donors (Lipinski definition) is 0. The van der Waals surface area contributed by atoms with Gasteiger partial charge in [0.1, 0.15) is 5.75 Å². The van der Waals surface area contributed by atoms with Crippen molar-refractivity contribution in [1.82, 2.24) is 4.90 Å². The molecule has 2 rings (SSSR count). The molecule has 0 fully saturated rings. The second-order valence-electron chi connectivity index (χ2n) is 6.23. The Hall–Kier alpha value is -2.04. The van der Waals surface area contributed by atoms with Crippen LogP contribution in [0.15, 0.2) is 29.4 Å². The first-order valence-corrected chi connectivity index (χ1v) is 8.18. The van der Waals surface area contributed by atoms with Crippen LogP contribution >= 0.6 is 0 Å². The lowest BCUT2D eigenvalue weighted by Crippen LogP contribution is -2.38. The van der Waals surface area contributed by atoms with Gasteiger partial charge in [0.05, 0.1) is 19.4 Å². The number of carbonyl (C=O) groups is 1. The molecule has 0 radical (unpaired) electrons. The Balaban J connectivity index is 1.91. The molecule has 1 aromatic rings. The molecule has 1 heterocycles. The SMILES string of the molecule is CCN(CC1CC(c2ccc(OC)cc2)=NO1)C(=O)CC(C)C. The van der Waals surface area contributed by atoms with Crippen LogP contribution in [0.2, 0.25) is 0 Å². The topological polar surface area (TPSA) is 51.1 Å². The first-order valence-electron chi connectivity index (χ1n) is 8.18. The van der Waals surface area contributed by atoms with E-state index in [1.165, 1.54) is 0 Å². The third-order valence-corrected chi connectivity index (χ3v) is 3.90. The van der Waals surface area contributed by atoms with Crippen molar-refractivity contribution < 1.29 is 14.4 Å². The van der Waals surface area contributed by atoms with Gasteiger partial charge < -0.3 is 14.5 Å². The minimum Gasteiger partial charge on any atom is -0.497 e. The van der Waals surface area contributed by atoms with Crippen LogP contribution in [-0.2, 0) is 9.63 Å². The van der Waals surface area contributed by atoms with Crippen molar-refractivity contribution in [2.45, 2.75) is 39.7 Å². The van der Waals surface area contributed by atoms with E-state index in [-0.39, 0.29) is 12.0 Å². The monoisotopic (exact) mass is 318 g/mol. The zero-order valence-corrected chi connectivity index (χ0v) is 14.4. The van der Waals surface area contributed by atoms with Gasteiger partial charge in [-0.1, -0.05) is 19.0 Å². The standard InChI is InChI=1S/C18H26N2O3/c1-5-20(18(21)10-13(2)3)12-16-11-17(19-23-16)14-6-8-15(22-4)9-7-14/h6-9,13,16H,5,10-12H2,1-4H3. The molecule has 0 aromatic heterocycles. The van der Waals surface area contributed by atoms with Crippen LogP contribution < -0.4 is 4.74 Å². The Bertz CT molecular complexity index is 552. The summed E-state index contributed by atoms with van der Waals surface area (Å²) in [7, 11) is 1.65. The molecular formula is C18H26N2O3. The number of ether oxygens (including phenoxy) is 1. The van der Waals surface area contributed by atoms with Gasteiger partial charge in [0.2, 0.25) is 5.91 Å². The van der Waals surface area contributed by atoms with E-state index >= 15 is 0 Å². The fourth-order valence-electron chi connectivity index (χ4n) is 2.61. The molecule has 0 spiro atoms. The molecule has 1 unspecified atom stereocenters. The number of hydrogen-bond acceptors (Lipinski definition) is 4. The predicted octanol–water partition coefficient (Wildman–Crippen LogP) is 3.08. The average molecular weight is 318 g/mol. The highest BCUT2D eigenvalue weighted by Crippen LogP contribution is 2.20. The molecule has 1 amide bonds. The summed E-state index contributed by atoms with van der Waals surface area (Å²) in [6, 6.07) is 7.78. The summed E-state index contributed by atoms with van der Waals surface area (Å²) in [5, 5.41) is 4.19. The number of methoxy groups -OCH3 is 1. The highest BCUT2D eigenvalue weighted by Gasteiger charge is 2.26. The summed E-state index contributed by atoms with van der Waals surface area (Å²) in [6.07, 6.45) is 1.23. The average Bonchev–Trinajstić information content (AvgIpc) is 3.00. The molecule has 1 atom stereocenters. The lowest BCUT2D eigenvalue weighted by Gasteiger charge is -2.24. The van der Waals surface area contributed by atoms with Crippen molar-refractivity contribution in [1.29, 1.82) is 0 Å². The maximum atomic E-state index is 12.2. The van der Waals surface area contributed by atoms with Gasteiger partial charge in [0, 0.05) is 19.4 Å². The largest absolute Gasteiger partial charge is 0.497 e. The van der Waals surface area contributed by atoms with Gasteiger partial charge in [-0.3, -0.25) is 4.79 Å². The van der Waals surface area contributed by atoms with E-state index in [1.54, 1.807) is 7.11 Å². The van der Waals surface area contributed by atoms with Crippen LogP contribution in [0.4, 0.5) is 0 Å². The molecule has 1 aliphatic rings. The first kappa shape index (κ1) is 17.3. The summed E-state index contributed by atoms with van der Waals surface area (Å²) in [5.41, 5.74) is 1.95. The van der Waals surface area contributed by atoms with Crippen molar-refractivity contribution in [3.05, 3.63) is 29.8 Å². The Morgan fingerprint density at radius 1 is 1.39 bits per heavy atom. The summed E-state index contributed by atoms with van der Waals surface area (Å²) in [6.45, 7) is 7.40. The van der Waals surface area contributed by atoms with E-state index in [0.29, 0.717) is 25.4 Å². The molecule has 1 aromatic carbocycles. The fourth-order valence-corrected chi connectivity index (χ4v) is 2.61. The van der Waals surface area contributed by atoms with Gasteiger partial charge >= 0.3 is 0 Å². The van der Waals surface area contributed by atoms with Crippen molar-refractivity contribution in [2.75, 3.05) is 20.2 Å². The molecule has 5 heteroatoms. The second kappa shape index (κ2) is 7.99. The minimum atomic E-state index is -0.0665. The first-order chi connectivity index (χ1) is 11.0. The normalized spacial score (nSPS) is 16.9. The lowest BCUT2D eigenvalue weighted by atomic mass is 10.0. The summed E-state index contributed by atoms with van der Waals surface area (Å²) in [4.78, 5) is 19.6. The zero-order chi connectivity index (χ0) is 16.8.